The second-order valence-corrected chi connectivity index (χ2v) is 9.69. The molecule has 178 valence electrons. The fourth-order valence-corrected chi connectivity index (χ4v) is 6.03. The molecule has 0 aliphatic heterocycles. The van der Waals surface area contributed by atoms with Gasteiger partial charge in [0.2, 0.25) is 0 Å². The zero-order valence-corrected chi connectivity index (χ0v) is 21.5. The Bertz CT molecular complexity index is 591. The van der Waals surface area contributed by atoms with Gasteiger partial charge in [-0.3, -0.25) is 4.79 Å². The van der Waals surface area contributed by atoms with Gasteiger partial charge in [-0.1, -0.05) is 44.1 Å². The summed E-state index contributed by atoms with van der Waals surface area (Å²) in [4.78, 5) is 11.2. The molecule has 5 nitrogen and oxygen atoms in total. The molecule has 0 spiro atoms. The summed E-state index contributed by atoms with van der Waals surface area (Å²) in [7, 11) is 6.28. The molecule has 5 unspecified atom stereocenters. The molecule has 0 aromatic rings. The Balaban J connectivity index is 1.91. The number of rotatable bonds is 14. The van der Waals surface area contributed by atoms with Crippen LogP contribution in [0.2, 0.25) is 0 Å². The molecule has 7 heteroatoms. The van der Waals surface area contributed by atoms with E-state index in [1.165, 1.54) is 39.2 Å². The monoisotopic (exact) mass is 472 g/mol. The molecular weight excluding hydrogens is 430 g/mol. The Morgan fingerprint density at radius 1 is 1.26 bits per heavy atom. The Kier molecular flexibility index (Phi) is 12.2. The summed E-state index contributed by atoms with van der Waals surface area (Å²) in [6, 6.07) is 0. The van der Waals surface area contributed by atoms with Crippen LogP contribution in [0.25, 0.3) is 0 Å². The third-order valence-corrected chi connectivity index (χ3v) is 7.95. The average Bonchev–Trinajstić information content (AvgIpc) is 3.05. The van der Waals surface area contributed by atoms with Gasteiger partial charge in [0.1, 0.15) is 0 Å². The minimum Gasteiger partial charge on any atom is -0.469 e. The standard InChI is InChI=1S/C24H42O5P2/c1-3-14-24(15-9-16-24)22(29-31)12-8-11-19-18(20(25)17-21(19)28-30)10-6-4-5-7-13-23(26)27-2/h4,6,8,11,18-22,25H,3,5,7,9-10,12-17,30-31H2,1-2H3/t18-,19-,20?,21?,22?/m1/s1. The van der Waals surface area contributed by atoms with Crippen molar-refractivity contribution >= 4 is 24.9 Å². The van der Waals surface area contributed by atoms with E-state index < -0.39 is 0 Å². The van der Waals surface area contributed by atoms with Gasteiger partial charge < -0.3 is 18.9 Å². The van der Waals surface area contributed by atoms with E-state index in [-0.39, 0.29) is 36.1 Å². The van der Waals surface area contributed by atoms with Gasteiger partial charge in [-0.25, -0.2) is 0 Å². The summed E-state index contributed by atoms with van der Waals surface area (Å²) in [5.41, 5.74) is 0.332. The van der Waals surface area contributed by atoms with Crippen LogP contribution < -0.4 is 0 Å². The van der Waals surface area contributed by atoms with Crippen molar-refractivity contribution in [2.24, 2.45) is 17.3 Å². The Morgan fingerprint density at radius 2 is 2.03 bits per heavy atom. The van der Waals surface area contributed by atoms with Gasteiger partial charge in [-0.05, 0) is 56.3 Å². The average molecular weight is 473 g/mol. The largest absolute Gasteiger partial charge is 0.469 e. The van der Waals surface area contributed by atoms with Crippen LogP contribution >= 0.6 is 18.9 Å². The molecule has 0 saturated heterocycles. The van der Waals surface area contributed by atoms with Gasteiger partial charge in [-0.2, -0.15) is 0 Å². The van der Waals surface area contributed by atoms with E-state index in [0.29, 0.717) is 18.3 Å². The van der Waals surface area contributed by atoms with E-state index in [1.807, 2.05) is 0 Å². The summed E-state index contributed by atoms with van der Waals surface area (Å²) < 4.78 is 16.1. The quantitative estimate of drug-likeness (QED) is 0.156. The number of hydrogen-bond donors (Lipinski definition) is 1. The zero-order valence-electron chi connectivity index (χ0n) is 19.2. The van der Waals surface area contributed by atoms with E-state index in [2.05, 4.69) is 54.9 Å². The maximum Gasteiger partial charge on any atom is 0.305 e. The number of ether oxygens (including phenoxy) is 1. The van der Waals surface area contributed by atoms with Crippen LogP contribution in [-0.4, -0.2) is 36.5 Å². The van der Waals surface area contributed by atoms with Crippen LogP contribution in [0.5, 0.6) is 0 Å². The van der Waals surface area contributed by atoms with Gasteiger partial charge in [0.05, 0.1) is 25.4 Å². The maximum atomic E-state index is 11.2. The summed E-state index contributed by atoms with van der Waals surface area (Å²) in [5, 5.41) is 10.6. The van der Waals surface area contributed by atoms with Crippen LogP contribution in [0.15, 0.2) is 24.3 Å². The number of aliphatic hydroxyl groups is 1. The van der Waals surface area contributed by atoms with Crippen LogP contribution in [0.3, 0.4) is 0 Å². The molecule has 0 bridgehead atoms. The minimum atomic E-state index is -0.369. The van der Waals surface area contributed by atoms with Crippen molar-refractivity contribution in [3.63, 3.8) is 0 Å². The van der Waals surface area contributed by atoms with E-state index in [1.54, 1.807) is 0 Å². The number of methoxy groups -OCH3 is 1. The highest BCUT2D eigenvalue weighted by molar-refractivity contribution is 7.10. The summed E-state index contributed by atoms with van der Waals surface area (Å²) >= 11 is 0. The first-order valence-corrected chi connectivity index (χ1v) is 12.7. The fraction of sp³-hybridized carbons (Fsp3) is 0.792. The molecule has 2 saturated carbocycles. The van der Waals surface area contributed by atoms with Crippen LogP contribution in [-0.2, 0) is 18.6 Å². The van der Waals surface area contributed by atoms with Gasteiger partial charge in [0.25, 0.3) is 0 Å². The van der Waals surface area contributed by atoms with Crippen molar-refractivity contribution < 1.29 is 23.7 Å². The highest BCUT2D eigenvalue weighted by Crippen LogP contribution is 2.50. The number of allylic oxidation sites excluding steroid dienone is 2. The Hall–Kier alpha value is -0.310. The van der Waals surface area contributed by atoms with Gasteiger partial charge in [0, 0.05) is 37.7 Å². The lowest BCUT2D eigenvalue weighted by Crippen LogP contribution is -2.41. The van der Waals surface area contributed by atoms with Gasteiger partial charge >= 0.3 is 5.97 Å². The SMILES string of the molecule is CCCC1(C(CC=C[C@H]2C(OP)CC(O)[C@@H]2CC=CCCCC(=O)OC)OP)CCC1. The molecule has 1 N–H and O–H groups in total. The number of hydrogen-bond acceptors (Lipinski definition) is 5. The van der Waals surface area contributed by atoms with Crippen LogP contribution in [0, 0.1) is 17.3 Å². The molecule has 2 rings (SSSR count). The molecule has 0 aromatic carbocycles. The van der Waals surface area contributed by atoms with E-state index in [9.17, 15) is 9.90 Å². The molecule has 2 aliphatic carbocycles. The first-order valence-electron chi connectivity index (χ1n) is 11.8. The summed E-state index contributed by atoms with van der Waals surface area (Å²) in [6.07, 6.45) is 19.3. The molecule has 0 aromatic heterocycles. The molecule has 0 amide bonds. The second kappa shape index (κ2) is 14.1. The zero-order chi connectivity index (χ0) is 22.7. The lowest BCUT2D eigenvalue weighted by atomic mass is 9.62. The third kappa shape index (κ3) is 7.61. The molecule has 31 heavy (non-hydrogen) atoms. The first kappa shape index (κ1) is 26.9. The van der Waals surface area contributed by atoms with Gasteiger partial charge in [-0.15, -0.1) is 0 Å². The number of esters is 1. The van der Waals surface area contributed by atoms with Crippen molar-refractivity contribution in [1.29, 1.82) is 0 Å². The maximum absolute atomic E-state index is 11.2. The lowest BCUT2D eigenvalue weighted by Gasteiger charge is -2.47. The second-order valence-electron chi connectivity index (χ2n) is 9.15. The minimum absolute atomic E-state index is 0.0117. The van der Waals surface area contributed by atoms with Crippen molar-refractivity contribution in [2.75, 3.05) is 7.11 Å². The molecule has 7 atom stereocenters. The number of carbonyl (C=O) groups is 1. The number of carbonyl (C=O) groups excluding carboxylic acids is 1. The predicted octanol–water partition coefficient (Wildman–Crippen LogP) is 5.54. The topological polar surface area (TPSA) is 65.0 Å². The number of aliphatic hydroxyl groups excluding tert-OH is 1. The normalized spacial score (nSPS) is 28.8. The number of unbranched alkanes of at least 4 members (excludes halogenated alkanes) is 1. The lowest BCUT2D eigenvalue weighted by molar-refractivity contribution is -0.140. The van der Waals surface area contributed by atoms with E-state index in [0.717, 1.165) is 25.7 Å². The molecule has 0 radical (unpaired) electrons. The Labute approximate surface area is 193 Å². The molecule has 2 fully saturated rings. The third-order valence-electron chi connectivity index (χ3n) is 7.27. The Morgan fingerprint density at radius 3 is 2.61 bits per heavy atom. The summed E-state index contributed by atoms with van der Waals surface area (Å²) in [5.74, 6) is 0.156. The fourth-order valence-electron chi connectivity index (χ4n) is 5.34. The van der Waals surface area contributed by atoms with Crippen molar-refractivity contribution in [1.82, 2.24) is 0 Å². The predicted molar refractivity (Wildman–Crippen MR) is 131 cm³/mol. The smallest absolute Gasteiger partial charge is 0.305 e. The van der Waals surface area contributed by atoms with E-state index in [4.69, 9.17) is 9.05 Å². The first-order chi connectivity index (χ1) is 15.0. The molecule has 0 heterocycles. The summed E-state index contributed by atoms with van der Waals surface area (Å²) in [6.45, 7) is 2.25. The van der Waals surface area contributed by atoms with Gasteiger partial charge in [0.15, 0.2) is 0 Å². The molecule has 2 aliphatic rings. The van der Waals surface area contributed by atoms with Crippen LogP contribution in [0.1, 0.15) is 77.6 Å². The highest BCUT2D eigenvalue weighted by Gasteiger charge is 2.43. The van der Waals surface area contributed by atoms with Crippen molar-refractivity contribution in [3.8, 4) is 0 Å². The van der Waals surface area contributed by atoms with E-state index >= 15 is 0 Å². The van der Waals surface area contributed by atoms with Crippen molar-refractivity contribution in [2.45, 2.75) is 95.9 Å². The van der Waals surface area contributed by atoms with Crippen LogP contribution in [0.4, 0.5) is 0 Å². The highest BCUT2D eigenvalue weighted by atomic mass is 31.0. The van der Waals surface area contributed by atoms with Crippen molar-refractivity contribution in [3.05, 3.63) is 24.3 Å². The molecular formula is C24H42O5P2.